The highest BCUT2D eigenvalue weighted by molar-refractivity contribution is 5.87. The van der Waals surface area contributed by atoms with Crippen LogP contribution in [0.5, 0.6) is 11.8 Å². The average molecular weight is 558 g/mol. The Morgan fingerprint density at radius 3 is 2.85 bits per heavy atom. The standard InChI is InChI=1S/C31H39N7O3/c1-3-29(40)38-16-15-36(19-23(38)10-12-32)30-26-9-7-22(37-14-11-21-6-8-25(39)18-28(21)37)17-27(26)33-31(34-30)41-20-24-5-4-13-35(24)2/h3,6,8,18,22-24,39H,1,4-5,7,9-11,13-17,19-20H2,2H3/t22-,23+,24+/m1/s1. The van der Waals surface area contributed by atoms with Crippen LogP contribution in [-0.4, -0.2) is 95.3 Å². The minimum absolute atomic E-state index is 0.140. The Morgan fingerprint density at radius 2 is 2.07 bits per heavy atom. The summed E-state index contributed by atoms with van der Waals surface area (Å²) in [5, 5.41) is 19.7. The maximum absolute atomic E-state index is 12.5. The number of fused-ring (bicyclic) bond motifs is 2. The number of rotatable bonds is 7. The number of phenols is 1. The predicted octanol–water partition coefficient (Wildman–Crippen LogP) is 2.69. The molecule has 10 heteroatoms. The Balaban J connectivity index is 1.29. The molecule has 0 unspecified atom stereocenters. The number of carbonyl (C=O) groups is 1. The van der Waals surface area contributed by atoms with Crippen molar-refractivity contribution < 1.29 is 14.6 Å². The number of anilines is 2. The molecule has 2 aromatic rings. The van der Waals surface area contributed by atoms with Crippen molar-refractivity contribution in [3.05, 3.63) is 47.7 Å². The summed E-state index contributed by atoms with van der Waals surface area (Å²) in [5.41, 5.74) is 4.55. The zero-order chi connectivity index (χ0) is 28.5. The van der Waals surface area contributed by atoms with Crippen molar-refractivity contribution in [2.75, 3.05) is 56.2 Å². The summed E-state index contributed by atoms with van der Waals surface area (Å²) in [4.78, 5) is 31.2. The van der Waals surface area contributed by atoms with E-state index in [2.05, 4.69) is 34.4 Å². The van der Waals surface area contributed by atoms with Gasteiger partial charge in [0.25, 0.3) is 0 Å². The average Bonchev–Trinajstić information content (AvgIpc) is 3.60. The van der Waals surface area contributed by atoms with E-state index in [0.717, 1.165) is 68.0 Å². The number of hydrogen-bond acceptors (Lipinski definition) is 9. The topological polar surface area (TPSA) is 109 Å². The van der Waals surface area contributed by atoms with Gasteiger partial charge in [0.15, 0.2) is 0 Å². The molecule has 1 N–H and O–H groups in total. The number of likely N-dealkylation sites (N-methyl/N-ethyl adjacent to an activating group) is 1. The Labute approximate surface area is 241 Å². The van der Waals surface area contributed by atoms with Gasteiger partial charge in [0.2, 0.25) is 5.91 Å². The summed E-state index contributed by atoms with van der Waals surface area (Å²) in [6.07, 6.45) is 7.40. The molecule has 4 aliphatic rings. The maximum atomic E-state index is 12.5. The summed E-state index contributed by atoms with van der Waals surface area (Å²) < 4.78 is 6.27. The molecule has 3 atom stereocenters. The normalized spacial score (nSPS) is 24.1. The number of ether oxygens (including phenoxy) is 1. The van der Waals surface area contributed by atoms with E-state index < -0.39 is 0 Å². The molecule has 1 aromatic heterocycles. The number of benzene rings is 1. The van der Waals surface area contributed by atoms with Gasteiger partial charge in [0, 0.05) is 62.0 Å². The third-order valence-electron chi connectivity index (χ3n) is 9.29. The Kier molecular flexibility index (Phi) is 7.71. The van der Waals surface area contributed by atoms with E-state index in [1.807, 2.05) is 12.1 Å². The van der Waals surface area contributed by atoms with Crippen LogP contribution in [0.1, 0.15) is 42.5 Å². The summed E-state index contributed by atoms with van der Waals surface area (Å²) in [7, 11) is 2.13. The Bertz CT molecular complexity index is 1360. The molecule has 10 nitrogen and oxygen atoms in total. The molecule has 3 aliphatic heterocycles. The van der Waals surface area contributed by atoms with E-state index in [4.69, 9.17) is 14.7 Å². The number of aromatic nitrogens is 2. The highest BCUT2D eigenvalue weighted by Gasteiger charge is 2.36. The van der Waals surface area contributed by atoms with Crippen LogP contribution >= 0.6 is 0 Å². The molecule has 6 rings (SSSR count). The molecule has 1 aliphatic carbocycles. The SMILES string of the molecule is C=CC(=O)N1CCN(c2nc(OC[C@@H]3CCCN3C)nc3c2CC[C@@H](N2CCc4ccc(O)cc42)C3)C[C@@H]1CC#N. The van der Waals surface area contributed by atoms with Crippen LogP contribution < -0.4 is 14.5 Å². The summed E-state index contributed by atoms with van der Waals surface area (Å²) in [5.74, 6) is 1.03. The Morgan fingerprint density at radius 1 is 1.20 bits per heavy atom. The minimum Gasteiger partial charge on any atom is -0.508 e. The van der Waals surface area contributed by atoms with Gasteiger partial charge in [-0.3, -0.25) is 4.79 Å². The number of likely N-dealkylation sites (tertiary alicyclic amines) is 1. The van der Waals surface area contributed by atoms with Crippen LogP contribution in [0.3, 0.4) is 0 Å². The fraction of sp³-hybridized carbons (Fsp3) is 0.548. The number of nitrogens with zero attached hydrogens (tertiary/aromatic N) is 7. The molecule has 0 radical (unpaired) electrons. The molecule has 4 heterocycles. The van der Waals surface area contributed by atoms with Crippen molar-refractivity contribution in [1.82, 2.24) is 19.8 Å². The second kappa shape index (κ2) is 11.6. The largest absolute Gasteiger partial charge is 0.508 e. The smallest absolute Gasteiger partial charge is 0.318 e. The van der Waals surface area contributed by atoms with Gasteiger partial charge in [-0.1, -0.05) is 12.6 Å². The zero-order valence-electron chi connectivity index (χ0n) is 23.8. The second-order valence-electron chi connectivity index (χ2n) is 11.7. The molecular formula is C31H39N7O3. The number of hydrogen-bond donors (Lipinski definition) is 1. The molecule has 41 heavy (non-hydrogen) atoms. The third kappa shape index (κ3) is 5.43. The highest BCUT2D eigenvalue weighted by atomic mass is 16.5. The summed E-state index contributed by atoms with van der Waals surface area (Å²) >= 11 is 0. The number of nitriles is 1. The zero-order valence-corrected chi connectivity index (χ0v) is 23.8. The van der Waals surface area contributed by atoms with Gasteiger partial charge in [-0.05, 0) is 63.4 Å². The van der Waals surface area contributed by atoms with Crippen molar-refractivity contribution in [2.24, 2.45) is 0 Å². The van der Waals surface area contributed by atoms with E-state index in [0.29, 0.717) is 44.0 Å². The number of amides is 1. The molecule has 216 valence electrons. The summed E-state index contributed by atoms with van der Waals surface area (Å²) in [6, 6.07) is 8.74. The first-order chi connectivity index (χ1) is 19.9. The summed E-state index contributed by atoms with van der Waals surface area (Å²) in [6.45, 7) is 7.87. The fourth-order valence-corrected chi connectivity index (χ4v) is 7.02. The van der Waals surface area contributed by atoms with Gasteiger partial charge < -0.3 is 29.4 Å². The lowest BCUT2D eigenvalue weighted by Crippen LogP contribution is -2.55. The second-order valence-corrected chi connectivity index (χ2v) is 11.7. The van der Waals surface area contributed by atoms with Gasteiger partial charge in [-0.2, -0.15) is 15.2 Å². The van der Waals surface area contributed by atoms with Crippen LogP contribution in [0.25, 0.3) is 0 Å². The van der Waals surface area contributed by atoms with Gasteiger partial charge in [-0.15, -0.1) is 0 Å². The van der Waals surface area contributed by atoms with Crippen molar-refractivity contribution >= 4 is 17.4 Å². The first-order valence-electron chi connectivity index (χ1n) is 14.8. The molecule has 0 bridgehead atoms. The number of piperazine rings is 1. The van der Waals surface area contributed by atoms with Gasteiger partial charge in [-0.25, -0.2) is 0 Å². The predicted molar refractivity (Wildman–Crippen MR) is 156 cm³/mol. The number of aromatic hydroxyl groups is 1. The molecule has 0 saturated carbocycles. The van der Waals surface area contributed by atoms with Crippen molar-refractivity contribution in [2.45, 2.75) is 63.1 Å². The fourth-order valence-electron chi connectivity index (χ4n) is 7.02. The lowest BCUT2D eigenvalue weighted by Gasteiger charge is -2.42. The van der Waals surface area contributed by atoms with Crippen LogP contribution in [0, 0.1) is 11.3 Å². The first kappa shape index (κ1) is 27.3. The van der Waals surface area contributed by atoms with E-state index in [-0.39, 0.29) is 24.4 Å². The van der Waals surface area contributed by atoms with Crippen LogP contribution in [0.4, 0.5) is 11.5 Å². The van der Waals surface area contributed by atoms with E-state index in [1.165, 1.54) is 18.1 Å². The monoisotopic (exact) mass is 557 g/mol. The first-order valence-corrected chi connectivity index (χ1v) is 14.8. The van der Waals surface area contributed by atoms with E-state index in [1.54, 1.807) is 11.0 Å². The van der Waals surface area contributed by atoms with Crippen molar-refractivity contribution in [3.63, 3.8) is 0 Å². The van der Waals surface area contributed by atoms with Crippen molar-refractivity contribution in [1.29, 1.82) is 5.26 Å². The highest BCUT2D eigenvalue weighted by Crippen LogP contribution is 2.38. The molecule has 1 aromatic carbocycles. The quantitative estimate of drug-likeness (QED) is 0.514. The molecule has 1 amide bonds. The number of carbonyl (C=O) groups excluding carboxylic acids is 1. The van der Waals surface area contributed by atoms with Gasteiger partial charge >= 0.3 is 6.01 Å². The van der Waals surface area contributed by atoms with E-state index in [9.17, 15) is 15.2 Å². The molecule has 0 spiro atoms. The molecule has 2 saturated heterocycles. The third-order valence-corrected chi connectivity index (χ3v) is 9.29. The van der Waals surface area contributed by atoms with Crippen LogP contribution in [0.2, 0.25) is 0 Å². The maximum Gasteiger partial charge on any atom is 0.318 e. The lowest BCUT2D eigenvalue weighted by atomic mass is 9.90. The van der Waals surface area contributed by atoms with Gasteiger partial charge in [0.05, 0.1) is 24.2 Å². The van der Waals surface area contributed by atoms with Crippen LogP contribution in [0.15, 0.2) is 30.9 Å². The van der Waals surface area contributed by atoms with Crippen molar-refractivity contribution in [3.8, 4) is 17.8 Å². The van der Waals surface area contributed by atoms with E-state index >= 15 is 0 Å². The minimum atomic E-state index is -0.230. The lowest BCUT2D eigenvalue weighted by molar-refractivity contribution is -0.128. The number of phenolic OH excluding ortho intramolecular Hbond substituents is 1. The van der Waals surface area contributed by atoms with Gasteiger partial charge in [0.1, 0.15) is 18.2 Å². The molecular weight excluding hydrogens is 518 g/mol. The Hall–Kier alpha value is -3.84. The molecule has 2 fully saturated rings. The van der Waals surface area contributed by atoms with Crippen LogP contribution in [-0.2, 0) is 24.1 Å².